The molecule has 0 amide bonds. The fraction of sp³-hybridized carbons (Fsp3) is 0.286. The van der Waals surface area contributed by atoms with E-state index in [2.05, 4.69) is 35.6 Å². The minimum Gasteiger partial charge on any atom is -0.367 e. The Morgan fingerprint density at radius 2 is 2.00 bits per heavy atom. The molecule has 0 atom stereocenters. The van der Waals surface area contributed by atoms with E-state index in [-0.39, 0.29) is 0 Å². The molecule has 3 N–H and O–H groups in total. The second kappa shape index (κ2) is 5.01. The summed E-state index contributed by atoms with van der Waals surface area (Å²) in [6, 6.07) is 2.51. The molecule has 0 radical (unpaired) electrons. The number of fused-ring (bicyclic) bond motifs is 1. The molecule has 1 aliphatic rings. The van der Waals surface area contributed by atoms with Gasteiger partial charge in [0.25, 0.3) is 0 Å². The van der Waals surface area contributed by atoms with Crippen LogP contribution in [0.3, 0.4) is 0 Å². The molecule has 0 spiro atoms. The van der Waals surface area contributed by atoms with E-state index in [9.17, 15) is 0 Å². The van der Waals surface area contributed by atoms with Crippen molar-refractivity contribution in [1.29, 1.82) is 0 Å². The summed E-state index contributed by atoms with van der Waals surface area (Å²) in [6.45, 7) is 0. The van der Waals surface area contributed by atoms with Crippen LogP contribution in [-0.2, 0) is 0 Å². The van der Waals surface area contributed by atoms with Crippen LogP contribution < -0.4 is 10.6 Å². The molecule has 4 rings (SSSR count). The van der Waals surface area contributed by atoms with E-state index in [1.54, 1.807) is 12.4 Å². The fourth-order valence-electron chi connectivity index (χ4n) is 2.35. The molecule has 1 aliphatic carbocycles. The summed E-state index contributed by atoms with van der Waals surface area (Å²) in [5.41, 5.74) is 1.57. The zero-order valence-corrected chi connectivity index (χ0v) is 11.4. The lowest BCUT2D eigenvalue weighted by Gasteiger charge is -2.27. The molecule has 1 saturated carbocycles. The minimum absolute atomic E-state index is 0.519. The highest BCUT2D eigenvalue weighted by Gasteiger charge is 2.19. The highest BCUT2D eigenvalue weighted by atomic mass is 15.2. The SMILES string of the molecule is c1ncc(Nc2nc(NC3CCC3)c3cc[nH]c3n2)cn1. The van der Waals surface area contributed by atoms with Crippen LogP contribution in [0.15, 0.2) is 31.0 Å². The Kier molecular flexibility index (Phi) is 2.88. The zero-order chi connectivity index (χ0) is 14.1. The van der Waals surface area contributed by atoms with Gasteiger partial charge in [-0.15, -0.1) is 0 Å². The van der Waals surface area contributed by atoms with Gasteiger partial charge in [-0.25, -0.2) is 9.97 Å². The topological polar surface area (TPSA) is 91.4 Å². The first-order valence-corrected chi connectivity index (χ1v) is 7.02. The first-order valence-electron chi connectivity index (χ1n) is 7.02. The molecule has 0 aromatic carbocycles. The molecule has 0 aliphatic heterocycles. The van der Waals surface area contributed by atoms with Crippen molar-refractivity contribution >= 4 is 28.5 Å². The molecule has 7 heteroatoms. The first-order chi connectivity index (χ1) is 10.4. The first kappa shape index (κ1) is 12.1. The van der Waals surface area contributed by atoms with Gasteiger partial charge in [0.1, 0.15) is 17.8 Å². The van der Waals surface area contributed by atoms with E-state index in [1.807, 2.05) is 12.3 Å². The van der Waals surface area contributed by atoms with Crippen LogP contribution in [-0.4, -0.2) is 31.0 Å². The Morgan fingerprint density at radius 3 is 2.76 bits per heavy atom. The van der Waals surface area contributed by atoms with Gasteiger partial charge < -0.3 is 15.6 Å². The lowest BCUT2D eigenvalue weighted by atomic mass is 9.93. The van der Waals surface area contributed by atoms with E-state index in [0.717, 1.165) is 22.5 Å². The Bertz CT molecular complexity index is 748. The van der Waals surface area contributed by atoms with Crippen LogP contribution in [0.25, 0.3) is 11.0 Å². The average molecular weight is 281 g/mol. The summed E-state index contributed by atoms with van der Waals surface area (Å²) < 4.78 is 0. The highest BCUT2D eigenvalue weighted by Crippen LogP contribution is 2.27. The summed E-state index contributed by atoms with van der Waals surface area (Å²) in [4.78, 5) is 20.1. The molecule has 0 saturated heterocycles. The van der Waals surface area contributed by atoms with Gasteiger partial charge >= 0.3 is 0 Å². The van der Waals surface area contributed by atoms with Crippen molar-refractivity contribution in [3.8, 4) is 0 Å². The maximum absolute atomic E-state index is 4.58. The van der Waals surface area contributed by atoms with Gasteiger partial charge in [0.2, 0.25) is 5.95 Å². The van der Waals surface area contributed by atoms with Crippen molar-refractivity contribution in [2.75, 3.05) is 10.6 Å². The fourth-order valence-corrected chi connectivity index (χ4v) is 2.35. The van der Waals surface area contributed by atoms with Gasteiger partial charge in [-0.2, -0.15) is 9.97 Å². The monoisotopic (exact) mass is 281 g/mol. The lowest BCUT2D eigenvalue weighted by molar-refractivity contribution is 0.445. The number of hydrogen-bond donors (Lipinski definition) is 3. The van der Waals surface area contributed by atoms with Crippen molar-refractivity contribution in [1.82, 2.24) is 24.9 Å². The third-order valence-electron chi connectivity index (χ3n) is 3.68. The molecule has 106 valence electrons. The molecular formula is C14H15N7. The smallest absolute Gasteiger partial charge is 0.231 e. The van der Waals surface area contributed by atoms with Crippen LogP contribution in [0.1, 0.15) is 19.3 Å². The molecule has 3 aromatic rings. The molecule has 3 aromatic heterocycles. The van der Waals surface area contributed by atoms with Crippen LogP contribution in [0.2, 0.25) is 0 Å². The number of nitrogens with zero attached hydrogens (tertiary/aromatic N) is 4. The van der Waals surface area contributed by atoms with Crippen LogP contribution >= 0.6 is 0 Å². The van der Waals surface area contributed by atoms with E-state index < -0.39 is 0 Å². The third-order valence-corrected chi connectivity index (χ3v) is 3.68. The van der Waals surface area contributed by atoms with Crippen LogP contribution in [0, 0.1) is 0 Å². The zero-order valence-electron chi connectivity index (χ0n) is 11.4. The minimum atomic E-state index is 0.519. The number of aromatic nitrogens is 5. The molecule has 21 heavy (non-hydrogen) atoms. The molecule has 1 fully saturated rings. The second-order valence-corrected chi connectivity index (χ2v) is 5.16. The van der Waals surface area contributed by atoms with Crippen molar-refractivity contribution in [3.05, 3.63) is 31.0 Å². The number of nitrogens with one attached hydrogen (secondary N) is 3. The van der Waals surface area contributed by atoms with Crippen molar-refractivity contribution < 1.29 is 0 Å². The predicted octanol–water partition coefficient (Wildman–Crippen LogP) is 2.46. The summed E-state index contributed by atoms with van der Waals surface area (Å²) >= 11 is 0. The van der Waals surface area contributed by atoms with Gasteiger partial charge in [0, 0.05) is 12.2 Å². The molecule has 0 unspecified atom stereocenters. The largest absolute Gasteiger partial charge is 0.367 e. The van der Waals surface area contributed by atoms with Crippen molar-refractivity contribution in [3.63, 3.8) is 0 Å². The van der Waals surface area contributed by atoms with Gasteiger partial charge in [-0.05, 0) is 25.3 Å². The van der Waals surface area contributed by atoms with Crippen molar-refractivity contribution in [2.24, 2.45) is 0 Å². The molecule has 7 nitrogen and oxygen atoms in total. The number of hydrogen-bond acceptors (Lipinski definition) is 6. The number of anilines is 3. The van der Waals surface area contributed by atoms with Gasteiger partial charge in [-0.1, -0.05) is 0 Å². The number of aromatic amines is 1. The van der Waals surface area contributed by atoms with Gasteiger partial charge in [-0.3, -0.25) is 0 Å². The third kappa shape index (κ3) is 2.37. The highest BCUT2D eigenvalue weighted by molar-refractivity contribution is 5.88. The summed E-state index contributed by atoms with van der Waals surface area (Å²) in [6.07, 6.45) is 10.4. The Hall–Kier alpha value is -2.70. The predicted molar refractivity (Wildman–Crippen MR) is 80.5 cm³/mol. The summed E-state index contributed by atoms with van der Waals surface area (Å²) in [7, 11) is 0. The normalized spacial score (nSPS) is 14.9. The molecule has 0 bridgehead atoms. The van der Waals surface area contributed by atoms with Gasteiger partial charge in [0.15, 0.2) is 0 Å². The van der Waals surface area contributed by atoms with Crippen LogP contribution in [0.5, 0.6) is 0 Å². The lowest BCUT2D eigenvalue weighted by Crippen LogP contribution is -2.27. The van der Waals surface area contributed by atoms with Crippen LogP contribution in [0.4, 0.5) is 17.5 Å². The standard InChI is InChI=1S/C14H15N7/c1-2-9(3-1)18-13-11-4-5-17-12(11)20-14(21-13)19-10-6-15-8-16-7-10/h4-9H,1-3H2,(H3,17,18,19,20,21). The van der Waals surface area contributed by atoms with E-state index >= 15 is 0 Å². The summed E-state index contributed by atoms with van der Waals surface area (Å²) in [5, 5.41) is 7.63. The molecular weight excluding hydrogens is 266 g/mol. The van der Waals surface area contributed by atoms with E-state index in [4.69, 9.17) is 0 Å². The number of rotatable bonds is 4. The summed E-state index contributed by atoms with van der Waals surface area (Å²) in [5.74, 6) is 1.40. The second-order valence-electron chi connectivity index (χ2n) is 5.16. The van der Waals surface area contributed by atoms with E-state index in [1.165, 1.54) is 25.6 Å². The Morgan fingerprint density at radius 1 is 1.14 bits per heavy atom. The van der Waals surface area contributed by atoms with Crippen molar-refractivity contribution in [2.45, 2.75) is 25.3 Å². The van der Waals surface area contributed by atoms with Gasteiger partial charge in [0.05, 0.1) is 23.5 Å². The average Bonchev–Trinajstić information content (AvgIpc) is 2.92. The van der Waals surface area contributed by atoms with E-state index in [0.29, 0.717) is 12.0 Å². The maximum atomic E-state index is 4.58. The quantitative estimate of drug-likeness (QED) is 0.680. The Balaban J connectivity index is 1.68. The number of H-pyrrole nitrogens is 1. The Labute approximate surface area is 121 Å². The molecule has 3 heterocycles. The maximum Gasteiger partial charge on any atom is 0.231 e.